The Morgan fingerprint density at radius 3 is 2.52 bits per heavy atom. The van der Waals surface area contributed by atoms with Gasteiger partial charge in [0.25, 0.3) is 0 Å². The minimum atomic E-state index is 0.573. The maximum atomic E-state index is 4.49. The number of hydrogen-bond acceptors (Lipinski definition) is 4. The third-order valence-corrected chi connectivity index (χ3v) is 5.21. The molecule has 124 valence electrons. The van der Waals surface area contributed by atoms with E-state index in [2.05, 4.69) is 59.0 Å². The maximum absolute atomic E-state index is 4.49. The number of para-hydroxylation sites is 1. The molecule has 25 heavy (non-hydrogen) atoms. The number of nitrogens with zero attached hydrogens (tertiary/aromatic N) is 6. The first-order valence-corrected chi connectivity index (χ1v) is 9.39. The fourth-order valence-corrected chi connectivity index (χ4v) is 3.45. The van der Waals surface area contributed by atoms with Gasteiger partial charge in [0.15, 0.2) is 0 Å². The zero-order chi connectivity index (χ0) is 17.2. The van der Waals surface area contributed by atoms with Gasteiger partial charge in [0.2, 0.25) is 5.82 Å². The van der Waals surface area contributed by atoms with Gasteiger partial charge in [-0.15, -0.1) is 10.2 Å². The van der Waals surface area contributed by atoms with Crippen LogP contribution in [0.5, 0.6) is 0 Å². The van der Waals surface area contributed by atoms with Crippen molar-refractivity contribution in [3.8, 4) is 17.1 Å². The van der Waals surface area contributed by atoms with Crippen LogP contribution in [0.3, 0.4) is 0 Å². The van der Waals surface area contributed by atoms with Crippen LogP contribution in [0.4, 0.5) is 0 Å². The zero-order valence-electron chi connectivity index (χ0n) is 12.9. The van der Waals surface area contributed by atoms with Gasteiger partial charge >= 0.3 is 0 Å². The lowest BCUT2D eigenvalue weighted by atomic mass is 10.2. The topological polar surface area (TPSA) is 61.4 Å². The molecule has 4 rings (SSSR count). The van der Waals surface area contributed by atoms with E-state index in [9.17, 15) is 0 Å². The van der Waals surface area contributed by atoms with Gasteiger partial charge in [-0.05, 0) is 57.6 Å². The summed E-state index contributed by atoms with van der Waals surface area (Å²) < 4.78 is 3.86. The number of benzene rings is 2. The van der Waals surface area contributed by atoms with Crippen LogP contribution >= 0.6 is 38.5 Å². The van der Waals surface area contributed by atoms with E-state index in [-0.39, 0.29) is 0 Å². The van der Waals surface area contributed by atoms with Gasteiger partial charge in [-0.1, -0.05) is 46.3 Å². The van der Waals surface area contributed by atoms with Gasteiger partial charge in [-0.3, -0.25) is 0 Å². The smallest absolute Gasteiger partial charge is 0.209 e. The lowest BCUT2D eigenvalue weighted by Crippen LogP contribution is -2.03. The predicted octanol–water partition coefficient (Wildman–Crippen LogP) is 3.94. The molecular weight excluding hydrogens is 495 g/mol. The molecule has 0 aliphatic rings. The molecular formula is C17H12BrIN6. The Bertz CT molecular complexity index is 994. The largest absolute Gasteiger partial charge is 0.227 e. The molecule has 0 fully saturated rings. The van der Waals surface area contributed by atoms with Crippen LogP contribution < -0.4 is 0 Å². The number of aromatic nitrogens is 6. The lowest BCUT2D eigenvalue weighted by molar-refractivity contribution is 0.573. The summed E-state index contributed by atoms with van der Waals surface area (Å²) in [6, 6.07) is 18.0. The number of halogens is 2. The van der Waals surface area contributed by atoms with Gasteiger partial charge in [0.1, 0.15) is 3.70 Å². The third-order valence-electron chi connectivity index (χ3n) is 3.64. The molecule has 0 saturated carbocycles. The van der Waals surface area contributed by atoms with Crippen molar-refractivity contribution in [1.82, 2.24) is 30.0 Å². The van der Waals surface area contributed by atoms with E-state index in [0.717, 1.165) is 25.0 Å². The van der Waals surface area contributed by atoms with E-state index in [1.807, 2.05) is 59.3 Å². The number of hydrogen-bond donors (Lipinski definition) is 0. The van der Waals surface area contributed by atoms with Crippen LogP contribution in [-0.4, -0.2) is 30.0 Å². The second-order valence-electron chi connectivity index (χ2n) is 5.37. The molecule has 2 heterocycles. The van der Waals surface area contributed by atoms with E-state index in [1.54, 1.807) is 11.0 Å². The fraction of sp³-hybridized carbons (Fsp3) is 0.0588. The summed E-state index contributed by atoms with van der Waals surface area (Å²) in [4.78, 5) is 1.59. The molecule has 0 aliphatic heterocycles. The molecule has 0 amide bonds. The second-order valence-corrected chi connectivity index (χ2v) is 7.30. The highest BCUT2D eigenvalue weighted by molar-refractivity contribution is 14.1. The molecule has 4 aromatic rings. The molecule has 0 radical (unpaired) electrons. The van der Waals surface area contributed by atoms with E-state index in [4.69, 9.17) is 0 Å². The van der Waals surface area contributed by atoms with Crippen LogP contribution in [-0.2, 0) is 6.54 Å². The molecule has 6 nitrogen and oxygen atoms in total. The zero-order valence-corrected chi connectivity index (χ0v) is 16.7. The average Bonchev–Trinajstić information content (AvgIpc) is 3.24. The molecule has 2 aromatic carbocycles. The summed E-state index contributed by atoms with van der Waals surface area (Å²) in [6.45, 7) is 0.573. The van der Waals surface area contributed by atoms with Crippen LogP contribution in [0.1, 0.15) is 5.56 Å². The van der Waals surface area contributed by atoms with Crippen molar-refractivity contribution < 1.29 is 0 Å². The first-order valence-electron chi connectivity index (χ1n) is 7.52. The van der Waals surface area contributed by atoms with Crippen molar-refractivity contribution in [2.75, 3.05) is 0 Å². The second kappa shape index (κ2) is 7.04. The molecule has 2 aromatic heterocycles. The number of tetrazole rings is 1. The van der Waals surface area contributed by atoms with Crippen molar-refractivity contribution in [2.45, 2.75) is 6.54 Å². The Morgan fingerprint density at radius 1 is 1.00 bits per heavy atom. The standard InChI is InChI=1S/C17H12BrIN6/c18-13-8-6-12(7-9-13)11-24-22-17(21-23-24)15-10-20-25(16(15)19)14-4-2-1-3-5-14/h1-10H,11H2. The fourth-order valence-electron chi connectivity index (χ4n) is 2.40. The third kappa shape index (κ3) is 3.49. The molecule has 8 heteroatoms. The van der Waals surface area contributed by atoms with E-state index < -0.39 is 0 Å². The van der Waals surface area contributed by atoms with Gasteiger partial charge in [0.05, 0.1) is 24.0 Å². The first-order chi connectivity index (χ1) is 12.2. The summed E-state index contributed by atoms with van der Waals surface area (Å²) in [6.07, 6.45) is 1.77. The summed E-state index contributed by atoms with van der Waals surface area (Å²) in [5, 5.41) is 17.3. The Labute approximate surface area is 166 Å². The SMILES string of the molecule is Brc1ccc(Cn2nnc(-c3cnn(-c4ccccc4)c3I)n2)cc1. The summed E-state index contributed by atoms with van der Waals surface area (Å²) >= 11 is 5.69. The summed E-state index contributed by atoms with van der Waals surface area (Å²) in [5.41, 5.74) is 2.98. The Hall–Kier alpha value is -2.07. The van der Waals surface area contributed by atoms with E-state index in [1.165, 1.54) is 0 Å². The van der Waals surface area contributed by atoms with E-state index >= 15 is 0 Å². The van der Waals surface area contributed by atoms with Crippen LogP contribution in [0, 0.1) is 3.70 Å². The maximum Gasteiger partial charge on any atom is 0.209 e. The van der Waals surface area contributed by atoms with Crippen LogP contribution in [0.25, 0.3) is 17.1 Å². The van der Waals surface area contributed by atoms with Gasteiger partial charge < -0.3 is 0 Å². The summed E-state index contributed by atoms with van der Waals surface area (Å²) in [7, 11) is 0. The first kappa shape index (κ1) is 16.4. The summed E-state index contributed by atoms with van der Waals surface area (Å²) in [5.74, 6) is 0.573. The van der Waals surface area contributed by atoms with Crippen LogP contribution in [0.2, 0.25) is 0 Å². The molecule has 0 aliphatic carbocycles. The molecule has 0 unspecified atom stereocenters. The highest BCUT2D eigenvalue weighted by atomic mass is 127. The quantitative estimate of drug-likeness (QED) is 0.393. The molecule has 0 saturated heterocycles. The lowest BCUT2D eigenvalue weighted by Gasteiger charge is -2.02. The van der Waals surface area contributed by atoms with Crippen molar-refractivity contribution >= 4 is 38.5 Å². The Balaban J connectivity index is 1.60. The van der Waals surface area contributed by atoms with Crippen molar-refractivity contribution in [3.63, 3.8) is 0 Å². The predicted molar refractivity (Wildman–Crippen MR) is 106 cm³/mol. The van der Waals surface area contributed by atoms with Crippen molar-refractivity contribution in [3.05, 3.63) is 74.5 Å². The minimum Gasteiger partial charge on any atom is -0.227 e. The number of rotatable bonds is 4. The van der Waals surface area contributed by atoms with Gasteiger partial charge in [-0.2, -0.15) is 9.90 Å². The van der Waals surface area contributed by atoms with Crippen molar-refractivity contribution in [2.24, 2.45) is 0 Å². The van der Waals surface area contributed by atoms with Crippen LogP contribution in [0.15, 0.2) is 65.3 Å². The minimum absolute atomic E-state index is 0.573. The van der Waals surface area contributed by atoms with Gasteiger partial charge in [0, 0.05) is 4.47 Å². The molecule has 0 bridgehead atoms. The molecule has 0 N–H and O–H groups in total. The normalized spacial score (nSPS) is 11.0. The molecule has 0 spiro atoms. The Morgan fingerprint density at radius 2 is 1.76 bits per heavy atom. The monoisotopic (exact) mass is 506 g/mol. The highest BCUT2D eigenvalue weighted by Gasteiger charge is 2.16. The average molecular weight is 507 g/mol. The van der Waals surface area contributed by atoms with Gasteiger partial charge in [-0.25, -0.2) is 4.68 Å². The highest BCUT2D eigenvalue weighted by Crippen LogP contribution is 2.24. The van der Waals surface area contributed by atoms with E-state index in [0.29, 0.717) is 12.4 Å². The Kier molecular flexibility index (Phi) is 4.62. The van der Waals surface area contributed by atoms with Crippen molar-refractivity contribution in [1.29, 1.82) is 0 Å². The molecule has 0 atom stereocenters.